The average molecular weight is 329 g/mol. The number of nitrogens with one attached hydrogen (secondary N) is 1. The molecule has 0 fully saturated rings. The number of hydrogen-bond acceptors (Lipinski definition) is 3. The highest BCUT2D eigenvalue weighted by molar-refractivity contribution is 5.85. The maximum atomic E-state index is 11.7. The van der Waals surface area contributed by atoms with Crippen LogP contribution in [0.4, 0.5) is 0 Å². The Bertz CT molecular complexity index is 455. The topological polar surface area (TPSA) is 75.4 Å². The van der Waals surface area contributed by atoms with E-state index in [9.17, 15) is 9.90 Å². The molecule has 0 aliphatic carbocycles. The van der Waals surface area contributed by atoms with Gasteiger partial charge in [-0.05, 0) is 23.0 Å². The van der Waals surface area contributed by atoms with Gasteiger partial charge in [-0.25, -0.2) is 0 Å². The van der Waals surface area contributed by atoms with E-state index in [4.69, 9.17) is 5.73 Å². The van der Waals surface area contributed by atoms with Crippen LogP contribution in [-0.4, -0.2) is 23.6 Å². The van der Waals surface area contributed by atoms with Gasteiger partial charge in [-0.3, -0.25) is 4.79 Å². The van der Waals surface area contributed by atoms with Gasteiger partial charge in [-0.1, -0.05) is 58.4 Å². The minimum atomic E-state index is -0.711. The lowest BCUT2D eigenvalue weighted by atomic mass is 9.86. The third kappa shape index (κ3) is 6.34. The Morgan fingerprint density at radius 3 is 2.27 bits per heavy atom. The highest BCUT2D eigenvalue weighted by atomic mass is 35.5. The van der Waals surface area contributed by atoms with Crippen molar-refractivity contribution < 1.29 is 9.90 Å². The number of amides is 1. The maximum absolute atomic E-state index is 11.7. The van der Waals surface area contributed by atoms with E-state index >= 15 is 0 Å². The Hall–Kier alpha value is -1.10. The van der Waals surface area contributed by atoms with Gasteiger partial charge in [0.1, 0.15) is 0 Å². The van der Waals surface area contributed by atoms with E-state index in [1.807, 2.05) is 31.2 Å². The summed E-state index contributed by atoms with van der Waals surface area (Å²) in [5, 5.41) is 12.8. The zero-order valence-electron chi connectivity index (χ0n) is 13.9. The summed E-state index contributed by atoms with van der Waals surface area (Å²) in [7, 11) is 0. The van der Waals surface area contributed by atoms with Crippen LogP contribution in [0.1, 0.15) is 57.8 Å². The molecule has 0 spiro atoms. The Morgan fingerprint density at radius 2 is 1.82 bits per heavy atom. The van der Waals surface area contributed by atoms with Gasteiger partial charge in [0.05, 0.1) is 12.1 Å². The van der Waals surface area contributed by atoms with Crippen molar-refractivity contribution in [1.29, 1.82) is 0 Å². The zero-order chi connectivity index (χ0) is 16.0. The second kappa shape index (κ2) is 9.13. The average Bonchev–Trinajstić information content (AvgIpc) is 2.43. The second-order valence-electron chi connectivity index (χ2n) is 6.53. The highest BCUT2D eigenvalue weighted by Crippen LogP contribution is 2.23. The van der Waals surface area contributed by atoms with Crippen LogP contribution >= 0.6 is 12.4 Å². The zero-order valence-corrected chi connectivity index (χ0v) is 14.7. The third-order valence-corrected chi connectivity index (χ3v) is 3.57. The van der Waals surface area contributed by atoms with E-state index < -0.39 is 12.1 Å². The van der Waals surface area contributed by atoms with Crippen molar-refractivity contribution in [3.05, 3.63) is 35.4 Å². The fourth-order valence-electron chi connectivity index (χ4n) is 2.09. The monoisotopic (exact) mass is 328 g/mol. The summed E-state index contributed by atoms with van der Waals surface area (Å²) < 4.78 is 0. The van der Waals surface area contributed by atoms with Crippen molar-refractivity contribution in [2.45, 2.75) is 58.1 Å². The molecule has 0 bridgehead atoms. The van der Waals surface area contributed by atoms with Gasteiger partial charge < -0.3 is 16.2 Å². The summed E-state index contributed by atoms with van der Waals surface area (Å²) in [6.45, 7) is 8.61. The molecule has 0 aliphatic heterocycles. The molecule has 0 radical (unpaired) electrons. The normalized spacial score (nSPS) is 13.9. The molecular weight excluding hydrogens is 300 g/mol. The van der Waals surface area contributed by atoms with E-state index in [0.717, 1.165) is 12.0 Å². The Balaban J connectivity index is 0.00000441. The summed E-state index contributed by atoms with van der Waals surface area (Å²) >= 11 is 0. The Labute approximate surface area is 139 Å². The first-order chi connectivity index (χ1) is 9.75. The molecule has 2 unspecified atom stereocenters. The molecule has 0 heterocycles. The minimum Gasteiger partial charge on any atom is -0.387 e. The number of carbonyl (C=O) groups is 1. The molecule has 4 N–H and O–H groups in total. The number of aliphatic hydroxyl groups excluding tert-OH is 1. The number of carbonyl (C=O) groups excluding carboxylic acids is 1. The predicted molar refractivity (Wildman–Crippen MR) is 93.2 cm³/mol. The largest absolute Gasteiger partial charge is 0.387 e. The molecule has 0 saturated heterocycles. The number of rotatable bonds is 6. The van der Waals surface area contributed by atoms with E-state index in [0.29, 0.717) is 6.42 Å². The van der Waals surface area contributed by atoms with E-state index in [1.54, 1.807) is 0 Å². The van der Waals surface area contributed by atoms with E-state index in [1.165, 1.54) is 5.56 Å². The minimum absolute atomic E-state index is 0. The molecule has 1 aromatic carbocycles. The smallest absolute Gasteiger partial charge is 0.237 e. The number of halogens is 1. The van der Waals surface area contributed by atoms with Crippen molar-refractivity contribution >= 4 is 18.3 Å². The standard InChI is InChI=1S/C17H28N2O2.ClH/c1-5-6-14(18)16(21)19-11-15(20)12-7-9-13(10-8-12)17(2,3)4;/h7-10,14-15,20H,5-6,11,18H2,1-4H3,(H,19,21);1H. The summed E-state index contributed by atoms with van der Waals surface area (Å²) in [6, 6.07) is 7.35. The molecule has 1 amide bonds. The fourth-order valence-corrected chi connectivity index (χ4v) is 2.09. The third-order valence-electron chi connectivity index (χ3n) is 3.57. The number of aliphatic hydroxyl groups is 1. The molecule has 5 heteroatoms. The van der Waals surface area contributed by atoms with Gasteiger partial charge in [0, 0.05) is 6.54 Å². The first-order valence-electron chi connectivity index (χ1n) is 7.57. The van der Waals surface area contributed by atoms with Gasteiger partial charge >= 0.3 is 0 Å². The van der Waals surface area contributed by atoms with Gasteiger partial charge in [-0.15, -0.1) is 12.4 Å². The number of hydrogen-bond donors (Lipinski definition) is 3. The molecule has 126 valence electrons. The van der Waals surface area contributed by atoms with Crippen LogP contribution in [0.5, 0.6) is 0 Å². The lowest BCUT2D eigenvalue weighted by Crippen LogP contribution is -2.42. The molecule has 1 rings (SSSR count). The van der Waals surface area contributed by atoms with Crippen LogP contribution in [0.3, 0.4) is 0 Å². The van der Waals surface area contributed by atoms with Crippen LogP contribution in [-0.2, 0) is 10.2 Å². The van der Waals surface area contributed by atoms with Crippen LogP contribution in [0.15, 0.2) is 24.3 Å². The van der Waals surface area contributed by atoms with Gasteiger partial charge in [-0.2, -0.15) is 0 Å². The molecule has 2 atom stereocenters. The molecule has 1 aromatic rings. The van der Waals surface area contributed by atoms with E-state index in [2.05, 4.69) is 26.1 Å². The van der Waals surface area contributed by atoms with Crippen LogP contribution in [0.25, 0.3) is 0 Å². The van der Waals surface area contributed by atoms with Gasteiger partial charge in [0.25, 0.3) is 0 Å². The first-order valence-corrected chi connectivity index (χ1v) is 7.57. The Kier molecular flexibility index (Phi) is 8.68. The van der Waals surface area contributed by atoms with Crippen LogP contribution in [0.2, 0.25) is 0 Å². The van der Waals surface area contributed by atoms with E-state index in [-0.39, 0.29) is 30.3 Å². The fraction of sp³-hybridized carbons (Fsp3) is 0.588. The molecule has 22 heavy (non-hydrogen) atoms. The lowest BCUT2D eigenvalue weighted by Gasteiger charge is -2.20. The number of benzene rings is 1. The van der Waals surface area contributed by atoms with Crippen molar-refractivity contribution in [3.8, 4) is 0 Å². The molecular formula is C17H29ClN2O2. The summed E-state index contributed by atoms with van der Waals surface area (Å²) in [6.07, 6.45) is 0.810. The van der Waals surface area contributed by atoms with Crippen molar-refractivity contribution in [2.75, 3.05) is 6.54 Å². The lowest BCUT2D eigenvalue weighted by molar-refractivity contribution is -0.123. The molecule has 0 aliphatic rings. The summed E-state index contributed by atoms with van der Waals surface area (Å²) in [4.78, 5) is 11.7. The van der Waals surface area contributed by atoms with Gasteiger partial charge in [0.15, 0.2) is 0 Å². The van der Waals surface area contributed by atoms with Crippen LogP contribution in [0, 0.1) is 0 Å². The predicted octanol–water partition coefficient (Wildman–Crippen LogP) is 2.68. The number of nitrogens with two attached hydrogens (primary N) is 1. The summed E-state index contributed by atoms with van der Waals surface area (Å²) in [5.74, 6) is -0.206. The quantitative estimate of drug-likeness (QED) is 0.751. The molecule has 4 nitrogen and oxygen atoms in total. The van der Waals surface area contributed by atoms with Crippen molar-refractivity contribution in [1.82, 2.24) is 5.32 Å². The van der Waals surface area contributed by atoms with Crippen LogP contribution < -0.4 is 11.1 Å². The van der Waals surface area contributed by atoms with Crippen molar-refractivity contribution in [3.63, 3.8) is 0 Å². The highest BCUT2D eigenvalue weighted by Gasteiger charge is 2.16. The summed E-state index contributed by atoms with van der Waals surface area (Å²) in [5.41, 5.74) is 7.83. The SMILES string of the molecule is CCCC(N)C(=O)NCC(O)c1ccc(C(C)(C)C)cc1.Cl. The first kappa shape index (κ1) is 20.9. The second-order valence-corrected chi connectivity index (χ2v) is 6.53. The Morgan fingerprint density at radius 1 is 1.27 bits per heavy atom. The van der Waals surface area contributed by atoms with Crippen molar-refractivity contribution in [2.24, 2.45) is 5.73 Å². The molecule has 0 saturated carbocycles. The molecule has 0 aromatic heterocycles. The maximum Gasteiger partial charge on any atom is 0.237 e. The van der Waals surface area contributed by atoms with Gasteiger partial charge in [0.2, 0.25) is 5.91 Å².